The third kappa shape index (κ3) is 5.59. The quantitative estimate of drug-likeness (QED) is 0.591. The van der Waals surface area contributed by atoms with Crippen molar-refractivity contribution in [2.24, 2.45) is 0 Å². The third-order valence-electron chi connectivity index (χ3n) is 3.75. The van der Waals surface area contributed by atoms with E-state index in [1.807, 2.05) is 44.4 Å². The highest BCUT2D eigenvalue weighted by atomic mass is 32.2. The van der Waals surface area contributed by atoms with Crippen molar-refractivity contribution in [2.75, 3.05) is 12.8 Å². The molecule has 0 aromatic heterocycles. The van der Waals surface area contributed by atoms with E-state index in [9.17, 15) is 13.2 Å². The standard InChI is InChI=1S/C18H21NO4S2/c1-13-4-9-17(10-14(13)2)25(21,22)19-11-18(20)23-12-15-5-7-16(24-3)8-6-15/h4-10,19H,11-12H2,1-3H3. The van der Waals surface area contributed by atoms with Gasteiger partial charge in [-0.15, -0.1) is 11.8 Å². The Hall–Kier alpha value is -1.83. The number of aryl methyl sites for hydroxylation is 2. The van der Waals surface area contributed by atoms with Crippen molar-refractivity contribution >= 4 is 27.8 Å². The minimum absolute atomic E-state index is 0.110. The Labute approximate surface area is 152 Å². The van der Waals surface area contributed by atoms with Gasteiger partial charge in [-0.1, -0.05) is 18.2 Å². The minimum Gasteiger partial charge on any atom is -0.460 e. The first-order chi connectivity index (χ1) is 11.8. The third-order valence-corrected chi connectivity index (χ3v) is 5.90. The first-order valence-electron chi connectivity index (χ1n) is 7.67. The van der Waals surface area contributed by atoms with Crippen LogP contribution in [0.5, 0.6) is 0 Å². The van der Waals surface area contributed by atoms with Crippen molar-refractivity contribution in [3.05, 3.63) is 59.2 Å². The Balaban J connectivity index is 1.88. The van der Waals surface area contributed by atoms with Gasteiger partial charge in [-0.05, 0) is 61.1 Å². The summed E-state index contributed by atoms with van der Waals surface area (Å²) in [7, 11) is -3.74. The number of benzene rings is 2. The lowest BCUT2D eigenvalue weighted by Crippen LogP contribution is -2.30. The lowest BCUT2D eigenvalue weighted by Gasteiger charge is -2.09. The van der Waals surface area contributed by atoms with Crippen molar-refractivity contribution in [3.8, 4) is 0 Å². The zero-order valence-corrected chi connectivity index (χ0v) is 16.0. The molecular weight excluding hydrogens is 358 g/mol. The maximum Gasteiger partial charge on any atom is 0.321 e. The van der Waals surface area contributed by atoms with Crippen LogP contribution in [-0.4, -0.2) is 27.2 Å². The number of ether oxygens (including phenoxy) is 1. The van der Waals surface area contributed by atoms with Crippen molar-refractivity contribution in [2.45, 2.75) is 30.2 Å². The van der Waals surface area contributed by atoms with E-state index in [0.717, 1.165) is 21.6 Å². The molecule has 0 aliphatic heterocycles. The van der Waals surface area contributed by atoms with Gasteiger partial charge in [-0.3, -0.25) is 4.79 Å². The molecule has 2 rings (SSSR count). The number of thioether (sulfide) groups is 1. The molecule has 0 aliphatic rings. The summed E-state index contributed by atoms with van der Waals surface area (Å²) in [6, 6.07) is 12.5. The van der Waals surface area contributed by atoms with Gasteiger partial charge in [0.25, 0.3) is 0 Å². The summed E-state index contributed by atoms with van der Waals surface area (Å²) in [6.07, 6.45) is 1.98. The summed E-state index contributed by atoms with van der Waals surface area (Å²) in [6.45, 7) is 3.45. The SMILES string of the molecule is CSc1ccc(COC(=O)CNS(=O)(=O)c2ccc(C)c(C)c2)cc1. The summed E-state index contributed by atoms with van der Waals surface area (Å²) in [5.41, 5.74) is 2.73. The summed E-state index contributed by atoms with van der Waals surface area (Å²) >= 11 is 1.63. The van der Waals surface area contributed by atoms with E-state index in [-0.39, 0.29) is 11.5 Å². The van der Waals surface area contributed by atoms with Crippen LogP contribution in [0.25, 0.3) is 0 Å². The second-order valence-electron chi connectivity index (χ2n) is 5.58. The van der Waals surface area contributed by atoms with Gasteiger partial charge in [0.1, 0.15) is 13.2 Å². The molecule has 0 amide bonds. The average molecular weight is 380 g/mol. The topological polar surface area (TPSA) is 72.5 Å². The van der Waals surface area contributed by atoms with E-state index in [1.54, 1.807) is 23.9 Å². The number of carbonyl (C=O) groups excluding carboxylic acids is 1. The molecule has 1 N–H and O–H groups in total. The molecule has 2 aromatic rings. The molecule has 0 heterocycles. The summed E-state index contributed by atoms with van der Waals surface area (Å²) < 4.78 is 31.8. The fourth-order valence-corrected chi connectivity index (χ4v) is 3.52. The van der Waals surface area contributed by atoms with E-state index in [2.05, 4.69) is 4.72 Å². The van der Waals surface area contributed by atoms with Crippen LogP contribution >= 0.6 is 11.8 Å². The fraction of sp³-hybridized carbons (Fsp3) is 0.278. The van der Waals surface area contributed by atoms with Crippen LogP contribution in [0.4, 0.5) is 0 Å². The highest BCUT2D eigenvalue weighted by Crippen LogP contribution is 2.16. The molecule has 5 nitrogen and oxygen atoms in total. The van der Waals surface area contributed by atoms with E-state index in [4.69, 9.17) is 4.74 Å². The van der Waals surface area contributed by atoms with Crippen LogP contribution in [0.15, 0.2) is 52.3 Å². The molecule has 0 aliphatic carbocycles. The zero-order valence-electron chi connectivity index (χ0n) is 14.4. The molecule has 0 atom stereocenters. The lowest BCUT2D eigenvalue weighted by molar-refractivity contribution is -0.143. The molecule has 0 bridgehead atoms. The molecule has 0 saturated carbocycles. The Morgan fingerprint density at radius 3 is 2.36 bits per heavy atom. The largest absolute Gasteiger partial charge is 0.460 e. The van der Waals surface area contributed by atoms with Crippen LogP contribution in [0, 0.1) is 13.8 Å². The van der Waals surface area contributed by atoms with Crippen LogP contribution in [0.2, 0.25) is 0 Å². The predicted octanol–water partition coefficient (Wildman–Crippen LogP) is 3.05. The number of esters is 1. The predicted molar refractivity (Wildman–Crippen MR) is 99.1 cm³/mol. The zero-order chi connectivity index (χ0) is 18.4. The van der Waals surface area contributed by atoms with Gasteiger partial charge in [0.15, 0.2) is 0 Å². The molecule has 25 heavy (non-hydrogen) atoms. The van der Waals surface area contributed by atoms with Gasteiger partial charge < -0.3 is 4.74 Å². The van der Waals surface area contributed by atoms with Crippen LogP contribution in [0.3, 0.4) is 0 Å². The fourth-order valence-electron chi connectivity index (χ4n) is 2.05. The molecule has 0 radical (unpaired) electrons. The molecule has 0 unspecified atom stereocenters. The highest BCUT2D eigenvalue weighted by Gasteiger charge is 2.16. The Morgan fingerprint density at radius 2 is 1.76 bits per heavy atom. The van der Waals surface area contributed by atoms with E-state index in [1.165, 1.54) is 6.07 Å². The molecule has 0 fully saturated rings. The van der Waals surface area contributed by atoms with Gasteiger partial charge >= 0.3 is 5.97 Å². The first-order valence-corrected chi connectivity index (χ1v) is 10.4. The number of hydrogen-bond acceptors (Lipinski definition) is 5. The maximum atomic E-state index is 12.2. The van der Waals surface area contributed by atoms with E-state index >= 15 is 0 Å². The highest BCUT2D eigenvalue weighted by molar-refractivity contribution is 7.98. The first kappa shape index (κ1) is 19.5. The van der Waals surface area contributed by atoms with Crippen molar-refractivity contribution < 1.29 is 17.9 Å². The van der Waals surface area contributed by atoms with Gasteiger partial charge in [0, 0.05) is 4.90 Å². The van der Waals surface area contributed by atoms with Gasteiger partial charge in [0.2, 0.25) is 10.0 Å². The number of carbonyl (C=O) groups is 1. The Bertz CT molecular complexity index is 846. The molecule has 0 saturated heterocycles. The molecule has 7 heteroatoms. The second-order valence-corrected chi connectivity index (χ2v) is 8.23. The number of sulfonamides is 1. The number of rotatable bonds is 7. The Kier molecular flexibility index (Phi) is 6.64. The Morgan fingerprint density at radius 1 is 1.08 bits per heavy atom. The summed E-state index contributed by atoms with van der Waals surface area (Å²) in [5, 5.41) is 0. The minimum atomic E-state index is -3.74. The number of nitrogens with one attached hydrogen (secondary N) is 1. The molecule has 134 valence electrons. The molecule has 2 aromatic carbocycles. The van der Waals surface area contributed by atoms with Crippen molar-refractivity contribution in [3.63, 3.8) is 0 Å². The normalized spacial score (nSPS) is 11.3. The average Bonchev–Trinajstić information content (AvgIpc) is 2.61. The van der Waals surface area contributed by atoms with E-state index in [0.29, 0.717) is 0 Å². The van der Waals surface area contributed by atoms with Crippen molar-refractivity contribution in [1.82, 2.24) is 4.72 Å². The smallest absolute Gasteiger partial charge is 0.321 e. The molecule has 0 spiro atoms. The van der Waals surface area contributed by atoms with E-state index < -0.39 is 22.5 Å². The van der Waals surface area contributed by atoms with Crippen LogP contribution in [0.1, 0.15) is 16.7 Å². The summed E-state index contributed by atoms with van der Waals surface area (Å²) in [4.78, 5) is 13.0. The second kappa shape index (κ2) is 8.51. The maximum absolute atomic E-state index is 12.2. The molecular formula is C18H21NO4S2. The summed E-state index contributed by atoms with van der Waals surface area (Å²) in [5.74, 6) is -0.624. The van der Waals surface area contributed by atoms with Crippen LogP contribution < -0.4 is 4.72 Å². The van der Waals surface area contributed by atoms with Gasteiger partial charge in [-0.25, -0.2) is 8.42 Å². The van der Waals surface area contributed by atoms with Crippen molar-refractivity contribution in [1.29, 1.82) is 0 Å². The lowest BCUT2D eigenvalue weighted by atomic mass is 10.1. The van der Waals surface area contributed by atoms with Crippen LogP contribution in [-0.2, 0) is 26.2 Å². The monoisotopic (exact) mass is 379 g/mol. The number of hydrogen-bond donors (Lipinski definition) is 1. The van der Waals surface area contributed by atoms with Gasteiger partial charge in [-0.2, -0.15) is 4.72 Å². The van der Waals surface area contributed by atoms with Gasteiger partial charge in [0.05, 0.1) is 4.90 Å².